The molecule has 0 fully saturated rings. The van der Waals surface area contributed by atoms with Gasteiger partial charge in [0, 0.05) is 6.20 Å². The number of aromatic amines is 1. The third kappa shape index (κ3) is 2.69. The molecule has 0 bridgehead atoms. The van der Waals surface area contributed by atoms with Crippen LogP contribution in [0.1, 0.15) is 29.4 Å². The van der Waals surface area contributed by atoms with Crippen LogP contribution < -0.4 is 0 Å². The van der Waals surface area contributed by atoms with Gasteiger partial charge in [0.15, 0.2) is 11.6 Å². The first-order chi connectivity index (χ1) is 9.13. The van der Waals surface area contributed by atoms with Crippen molar-refractivity contribution in [2.75, 3.05) is 6.61 Å². The van der Waals surface area contributed by atoms with Crippen molar-refractivity contribution >= 4 is 5.97 Å². The molecule has 7 nitrogen and oxygen atoms in total. The first kappa shape index (κ1) is 13.0. The van der Waals surface area contributed by atoms with Crippen LogP contribution in [-0.4, -0.2) is 37.7 Å². The van der Waals surface area contributed by atoms with Crippen LogP contribution in [0.4, 0.5) is 8.78 Å². The Morgan fingerprint density at radius 1 is 1.47 bits per heavy atom. The lowest BCUT2D eigenvalue weighted by Gasteiger charge is -2.07. The highest BCUT2D eigenvalue weighted by Gasteiger charge is 2.23. The molecule has 0 saturated carbocycles. The fourth-order valence-electron chi connectivity index (χ4n) is 1.35. The van der Waals surface area contributed by atoms with Crippen LogP contribution in [0, 0.1) is 0 Å². The molecule has 0 aliphatic heterocycles. The number of alkyl halides is 2. The maximum Gasteiger partial charge on any atom is 0.341 e. The third-order valence-corrected chi connectivity index (χ3v) is 2.15. The number of nitrogens with one attached hydrogen (secondary N) is 1. The summed E-state index contributed by atoms with van der Waals surface area (Å²) in [6, 6.07) is 0. The number of aromatic nitrogens is 5. The molecule has 2 heterocycles. The quantitative estimate of drug-likeness (QED) is 0.842. The average Bonchev–Trinajstić information content (AvgIpc) is 2.92. The van der Waals surface area contributed by atoms with Crippen molar-refractivity contribution in [3.63, 3.8) is 0 Å². The molecule has 0 amide bonds. The van der Waals surface area contributed by atoms with Gasteiger partial charge in [-0.05, 0) is 6.92 Å². The van der Waals surface area contributed by atoms with E-state index in [2.05, 4.69) is 29.9 Å². The number of halogens is 2. The number of hydrogen-bond acceptors (Lipinski definition) is 6. The Morgan fingerprint density at radius 3 is 2.84 bits per heavy atom. The molecule has 19 heavy (non-hydrogen) atoms. The predicted molar refractivity (Wildman–Crippen MR) is 58.3 cm³/mol. The molecule has 2 aromatic rings. The van der Waals surface area contributed by atoms with Crippen molar-refractivity contribution in [1.82, 2.24) is 25.1 Å². The fourth-order valence-corrected chi connectivity index (χ4v) is 1.35. The second-order valence-electron chi connectivity index (χ2n) is 3.35. The molecule has 2 aromatic heterocycles. The van der Waals surface area contributed by atoms with Gasteiger partial charge in [0.25, 0.3) is 6.43 Å². The normalized spacial score (nSPS) is 10.7. The van der Waals surface area contributed by atoms with E-state index in [1.165, 1.54) is 6.33 Å². The minimum Gasteiger partial charge on any atom is -0.462 e. The molecule has 0 aliphatic carbocycles. The van der Waals surface area contributed by atoms with Gasteiger partial charge in [-0.15, -0.1) is 0 Å². The highest BCUT2D eigenvalue weighted by Crippen LogP contribution is 2.23. The van der Waals surface area contributed by atoms with Crippen LogP contribution in [0.25, 0.3) is 11.6 Å². The average molecular weight is 269 g/mol. The standard InChI is InChI=1S/C10H9F2N5O2/c1-2-19-10(18)5-3-13-8(9-14-4-15-17-9)16-6(5)7(11)12/h3-4,7H,2H2,1H3,(H,14,15,17). The lowest BCUT2D eigenvalue weighted by molar-refractivity contribution is 0.0513. The van der Waals surface area contributed by atoms with Crippen LogP contribution in [0.3, 0.4) is 0 Å². The molecule has 9 heteroatoms. The van der Waals surface area contributed by atoms with E-state index in [0.29, 0.717) is 0 Å². The summed E-state index contributed by atoms with van der Waals surface area (Å²) in [5.74, 6) is -0.819. The minimum absolute atomic E-state index is 0.0687. The van der Waals surface area contributed by atoms with Gasteiger partial charge >= 0.3 is 5.97 Å². The van der Waals surface area contributed by atoms with E-state index in [1.54, 1.807) is 6.92 Å². The highest BCUT2D eigenvalue weighted by molar-refractivity contribution is 5.90. The van der Waals surface area contributed by atoms with Crippen LogP contribution >= 0.6 is 0 Å². The summed E-state index contributed by atoms with van der Waals surface area (Å²) in [7, 11) is 0. The number of carbonyl (C=O) groups is 1. The summed E-state index contributed by atoms with van der Waals surface area (Å²) in [5, 5.41) is 6.01. The molecule has 0 saturated heterocycles. The Balaban J connectivity index is 2.44. The molecule has 0 radical (unpaired) electrons. The predicted octanol–water partition coefficient (Wildman–Crippen LogP) is 1.38. The van der Waals surface area contributed by atoms with Gasteiger partial charge in [-0.3, -0.25) is 5.10 Å². The molecular formula is C10H9F2N5O2. The van der Waals surface area contributed by atoms with Crippen LogP contribution in [0.15, 0.2) is 12.5 Å². The van der Waals surface area contributed by atoms with Crippen LogP contribution in [0.5, 0.6) is 0 Å². The van der Waals surface area contributed by atoms with E-state index in [9.17, 15) is 13.6 Å². The molecule has 0 atom stereocenters. The minimum atomic E-state index is -2.93. The first-order valence-electron chi connectivity index (χ1n) is 5.31. The fraction of sp³-hybridized carbons (Fsp3) is 0.300. The monoisotopic (exact) mass is 269 g/mol. The summed E-state index contributed by atoms with van der Waals surface area (Å²) in [4.78, 5) is 22.7. The molecule has 0 unspecified atom stereocenters. The Morgan fingerprint density at radius 2 is 2.26 bits per heavy atom. The summed E-state index contributed by atoms with van der Waals surface area (Å²) in [5.41, 5.74) is -1.06. The van der Waals surface area contributed by atoms with Crippen molar-refractivity contribution in [1.29, 1.82) is 0 Å². The first-order valence-corrected chi connectivity index (χ1v) is 5.31. The van der Waals surface area contributed by atoms with Crippen molar-refractivity contribution in [3.05, 3.63) is 23.8 Å². The zero-order valence-corrected chi connectivity index (χ0v) is 9.80. The summed E-state index contributed by atoms with van der Waals surface area (Å²) < 4.78 is 30.5. The van der Waals surface area contributed by atoms with E-state index in [4.69, 9.17) is 0 Å². The van der Waals surface area contributed by atoms with Crippen molar-refractivity contribution in [2.24, 2.45) is 0 Å². The molecule has 2 rings (SSSR count). The molecule has 0 spiro atoms. The van der Waals surface area contributed by atoms with Gasteiger partial charge in [0.05, 0.1) is 6.61 Å². The smallest absolute Gasteiger partial charge is 0.341 e. The third-order valence-electron chi connectivity index (χ3n) is 2.15. The van der Waals surface area contributed by atoms with Gasteiger partial charge in [0.1, 0.15) is 17.6 Å². The Hall–Kier alpha value is -2.45. The van der Waals surface area contributed by atoms with E-state index < -0.39 is 18.1 Å². The summed E-state index contributed by atoms with van der Waals surface area (Å²) in [6.45, 7) is 1.65. The van der Waals surface area contributed by atoms with Gasteiger partial charge in [-0.1, -0.05) is 0 Å². The Kier molecular flexibility index (Phi) is 3.74. The van der Waals surface area contributed by atoms with Gasteiger partial charge < -0.3 is 4.74 Å². The second kappa shape index (κ2) is 5.46. The number of nitrogens with zero attached hydrogens (tertiary/aromatic N) is 4. The van der Waals surface area contributed by atoms with E-state index in [0.717, 1.165) is 6.20 Å². The molecular weight excluding hydrogens is 260 g/mol. The number of esters is 1. The zero-order chi connectivity index (χ0) is 13.8. The number of ether oxygens (including phenoxy) is 1. The van der Waals surface area contributed by atoms with Gasteiger partial charge in [-0.2, -0.15) is 5.10 Å². The van der Waals surface area contributed by atoms with E-state index in [1.807, 2.05) is 0 Å². The molecule has 100 valence electrons. The van der Waals surface area contributed by atoms with Crippen LogP contribution in [0.2, 0.25) is 0 Å². The summed E-state index contributed by atoms with van der Waals surface area (Å²) >= 11 is 0. The molecule has 1 N–H and O–H groups in total. The molecule has 0 aliphatic rings. The van der Waals surface area contributed by atoms with Crippen molar-refractivity contribution in [3.8, 4) is 11.6 Å². The lowest BCUT2D eigenvalue weighted by atomic mass is 10.2. The summed E-state index contributed by atoms with van der Waals surface area (Å²) in [6.07, 6.45) is -0.742. The second-order valence-corrected chi connectivity index (χ2v) is 3.35. The zero-order valence-electron chi connectivity index (χ0n) is 9.80. The number of rotatable bonds is 4. The maximum atomic E-state index is 12.9. The van der Waals surface area contributed by atoms with Gasteiger partial charge in [-0.25, -0.2) is 28.5 Å². The maximum absolute atomic E-state index is 12.9. The largest absolute Gasteiger partial charge is 0.462 e. The van der Waals surface area contributed by atoms with E-state index >= 15 is 0 Å². The Bertz CT molecular complexity index is 573. The lowest BCUT2D eigenvalue weighted by Crippen LogP contribution is -2.12. The van der Waals surface area contributed by atoms with Crippen molar-refractivity contribution < 1.29 is 18.3 Å². The SMILES string of the molecule is CCOC(=O)c1cnc(-c2ncn[nH]2)nc1C(F)F. The topological polar surface area (TPSA) is 93.6 Å². The molecule has 0 aromatic carbocycles. The highest BCUT2D eigenvalue weighted by atomic mass is 19.3. The number of hydrogen-bond donors (Lipinski definition) is 1. The van der Waals surface area contributed by atoms with Gasteiger partial charge in [0.2, 0.25) is 0 Å². The number of H-pyrrole nitrogens is 1. The number of carbonyl (C=O) groups excluding carboxylic acids is 1. The Labute approximate surface area is 106 Å². The van der Waals surface area contributed by atoms with E-state index in [-0.39, 0.29) is 23.8 Å². The van der Waals surface area contributed by atoms with Crippen LogP contribution in [-0.2, 0) is 4.74 Å². The van der Waals surface area contributed by atoms with Crippen molar-refractivity contribution in [2.45, 2.75) is 13.3 Å².